The fourth-order valence-corrected chi connectivity index (χ4v) is 2.49. The molecule has 0 amide bonds. The first-order valence-corrected chi connectivity index (χ1v) is 5.92. The van der Waals surface area contributed by atoms with Crippen LogP contribution < -0.4 is 5.32 Å². The molecular formula is C11H13ClN2OS. The molecule has 5 heteroatoms. The number of benzene rings is 1. The first-order chi connectivity index (χ1) is 7.74. The maximum atomic E-state index is 9.02. The molecule has 1 atom stereocenters. The van der Waals surface area contributed by atoms with E-state index in [9.17, 15) is 0 Å². The SMILES string of the molecule is OCCN1C(=S)NCC1c1ccccc1Cl. The Kier molecular flexibility index (Phi) is 3.63. The van der Waals surface area contributed by atoms with Crippen LogP contribution in [-0.2, 0) is 0 Å². The van der Waals surface area contributed by atoms with E-state index in [4.69, 9.17) is 28.9 Å². The lowest BCUT2D eigenvalue weighted by atomic mass is 10.1. The molecular weight excluding hydrogens is 244 g/mol. The van der Waals surface area contributed by atoms with E-state index >= 15 is 0 Å². The molecule has 0 spiro atoms. The van der Waals surface area contributed by atoms with Gasteiger partial charge >= 0.3 is 0 Å². The normalized spacial score (nSPS) is 20.0. The standard InChI is InChI=1S/C11H13ClN2OS/c12-9-4-2-1-3-8(9)10-7-13-11(16)14(10)5-6-15/h1-4,10,15H,5-7H2,(H,13,16). The number of nitrogens with one attached hydrogen (secondary N) is 1. The van der Waals surface area contributed by atoms with Crippen molar-refractivity contribution in [2.24, 2.45) is 0 Å². The van der Waals surface area contributed by atoms with E-state index in [2.05, 4.69) is 5.32 Å². The summed E-state index contributed by atoms with van der Waals surface area (Å²) in [6, 6.07) is 7.85. The van der Waals surface area contributed by atoms with Gasteiger partial charge in [-0.25, -0.2) is 0 Å². The largest absolute Gasteiger partial charge is 0.395 e. The summed E-state index contributed by atoms with van der Waals surface area (Å²) in [6.07, 6.45) is 0. The Hall–Kier alpha value is -0.840. The third kappa shape index (κ3) is 2.14. The summed E-state index contributed by atoms with van der Waals surface area (Å²) in [5, 5.41) is 13.6. The minimum absolute atomic E-state index is 0.0861. The first-order valence-electron chi connectivity index (χ1n) is 5.14. The van der Waals surface area contributed by atoms with E-state index in [-0.39, 0.29) is 12.6 Å². The third-order valence-corrected chi connectivity index (χ3v) is 3.41. The molecule has 16 heavy (non-hydrogen) atoms. The predicted molar refractivity (Wildman–Crippen MR) is 68.6 cm³/mol. The number of thiocarbonyl (C=S) groups is 1. The molecule has 0 bridgehead atoms. The summed E-state index contributed by atoms with van der Waals surface area (Å²) in [5.41, 5.74) is 1.05. The molecule has 2 rings (SSSR count). The average Bonchev–Trinajstić information content (AvgIpc) is 2.62. The highest BCUT2D eigenvalue weighted by molar-refractivity contribution is 7.80. The Morgan fingerprint density at radius 3 is 2.94 bits per heavy atom. The van der Waals surface area contributed by atoms with Crippen LogP contribution in [0.25, 0.3) is 0 Å². The van der Waals surface area contributed by atoms with Crippen molar-refractivity contribution in [3.05, 3.63) is 34.9 Å². The highest BCUT2D eigenvalue weighted by atomic mass is 35.5. The van der Waals surface area contributed by atoms with E-state index in [0.29, 0.717) is 11.7 Å². The molecule has 86 valence electrons. The van der Waals surface area contributed by atoms with Gasteiger partial charge in [0.05, 0.1) is 12.6 Å². The summed E-state index contributed by atoms with van der Waals surface area (Å²) >= 11 is 11.3. The lowest BCUT2D eigenvalue weighted by Crippen LogP contribution is -2.32. The molecule has 0 saturated carbocycles. The summed E-state index contributed by atoms with van der Waals surface area (Å²) < 4.78 is 0. The van der Waals surface area contributed by atoms with Crippen LogP contribution in [0.15, 0.2) is 24.3 Å². The summed E-state index contributed by atoms with van der Waals surface area (Å²) in [5.74, 6) is 0. The van der Waals surface area contributed by atoms with Crippen LogP contribution in [0.3, 0.4) is 0 Å². The predicted octanol–water partition coefficient (Wildman–Crippen LogP) is 1.56. The van der Waals surface area contributed by atoms with E-state index < -0.39 is 0 Å². The molecule has 1 aromatic carbocycles. The Bertz CT molecular complexity index is 399. The van der Waals surface area contributed by atoms with Gasteiger partial charge < -0.3 is 15.3 Å². The van der Waals surface area contributed by atoms with Crippen molar-refractivity contribution >= 4 is 28.9 Å². The molecule has 1 aliphatic heterocycles. The molecule has 0 radical (unpaired) electrons. The zero-order valence-electron chi connectivity index (χ0n) is 8.69. The van der Waals surface area contributed by atoms with Crippen molar-refractivity contribution in [2.45, 2.75) is 6.04 Å². The van der Waals surface area contributed by atoms with Gasteiger partial charge in [0.1, 0.15) is 0 Å². The van der Waals surface area contributed by atoms with Crippen molar-refractivity contribution in [1.29, 1.82) is 0 Å². The summed E-state index contributed by atoms with van der Waals surface area (Å²) in [6.45, 7) is 1.35. The van der Waals surface area contributed by atoms with Gasteiger partial charge in [0.2, 0.25) is 0 Å². The van der Waals surface area contributed by atoms with Crippen LogP contribution >= 0.6 is 23.8 Å². The van der Waals surface area contributed by atoms with Crippen molar-refractivity contribution in [3.63, 3.8) is 0 Å². The molecule has 3 nitrogen and oxygen atoms in total. The number of rotatable bonds is 3. The maximum Gasteiger partial charge on any atom is 0.169 e. The van der Waals surface area contributed by atoms with Crippen molar-refractivity contribution < 1.29 is 5.11 Å². The number of halogens is 1. The number of aliphatic hydroxyl groups excluding tert-OH is 1. The summed E-state index contributed by atoms with van der Waals surface area (Å²) in [4.78, 5) is 1.97. The zero-order chi connectivity index (χ0) is 11.5. The molecule has 0 aromatic heterocycles. The van der Waals surface area contributed by atoms with Gasteiger partial charge in [0.15, 0.2) is 5.11 Å². The molecule has 0 aliphatic carbocycles. The van der Waals surface area contributed by atoms with Gasteiger partial charge in [-0.1, -0.05) is 29.8 Å². The van der Waals surface area contributed by atoms with Crippen LogP contribution in [0.5, 0.6) is 0 Å². The van der Waals surface area contributed by atoms with Gasteiger partial charge in [0.25, 0.3) is 0 Å². The van der Waals surface area contributed by atoms with E-state index in [1.54, 1.807) is 0 Å². The number of aliphatic hydroxyl groups is 1. The minimum atomic E-state index is 0.0861. The number of hydrogen-bond acceptors (Lipinski definition) is 2. The average molecular weight is 257 g/mol. The monoisotopic (exact) mass is 256 g/mol. The van der Waals surface area contributed by atoms with Crippen LogP contribution in [0.1, 0.15) is 11.6 Å². The Balaban J connectivity index is 2.27. The molecule has 2 N–H and O–H groups in total. The second-order valence-electron chi connectivity index (χ2n) is 3.64. The smallest absolute Gasteiger partial charge is 0.169 e. The second-order valence-corrected chi connectivity index (χ2v) is 4.43. The highest BCUT2D eigenvalue weighted by Gasteiger charge is 2.29. The second kappa shape index (κ2) is 4.99. The summed E-state index contributed by atoms with van der Waals surface area (Å²) in [7, 11) is 0. The van der Waals surface area contributed by atoms with Gasteiger partial charge in [-0.2, -0.15) is 0 Å². The third-order valence-electron chi connectivity index (χ3n) is 2.69. The molecule has 1 fully saturated rings. The fourth-order valence-electron chi connectivity index (χ4n) is 1.93. The zero-order valence-corrected chi connectivity index (χ0v) is 10.3. The van der Waals surface area contributed by atoms with Gasteiger partial charge in [-0.05, 0) is 23.8 Å². The Labute approximate surface area is 105 Å². The van der Waals surface area contributed by atoms with Gasteiger partial charge in [0, 0.05) is 18.1 Å². The van der Waals surface area contributed by atoms with Crippen LogP contribution in [0.4, 0.5) is 0 Å². The molecule has 1 heterocycles. The van der Waals surface area contributed by atoms with Crippen LogP contribution in [0, 0.1) is 0 Å². The molecule has 1 saturated heterocycles. The lowest BCUT2D eigenvalue weighted by molar-refractivity contribution is 0.234. The number of nitrogens with zero attached hydrogens (tertiary/aromatic N) is 1. The molecule has 1 aromatic rings. The quantitative estimate of drug-likeness (QED) is 0.805. The van der Waals surface area contributed by atoms with Crippen LogP contribution in [0.2, 0.25) is 5.02 Å². The van der Waals surface area contributed by atoms with E-state index in [1.807, 2.05) is 29.2 Å². The van der Waals surface area contributed by atoms with Gasteiger partial charge in [-0.3, -0.25) is 0 Å². The minimum Gasteiger partial charge on any atom is -0.395 e. The van der Waals surface area contributed by atoms with Crippen LogP contribution in [-0.4, -0.2) is 34.8 Å². The number of β-amino-alcohol motifs (C(OH)–C–C–N with tert-alkyl or cyclic N) is 1. The van der Waals surface area contributed by atoms with E-state index in [0.717, 1.165) is 17.1 Å². The maximum absolute atomic E-state index is 9.02. The van der Waals surface area contributed by atoms with Gasteiger partial charge in [-0.15, -0.1) is 0 Å². The first kappa shape index (κ1) is 11.6. The van der Waals surface area contributed by atoms with Crippen molar-refractivity contribution in [3.8, 4) is 0 Å². The lowest BCUT2D eigenvalue weighted by Gasteiger charge is -2.24. The highest BCUT2D eigenvalue weighted by Crippen LogP contribution is 2.29. The topological polar surface area (TPSA) is 35.5 Å². The molecule has 1 unspecified atom stereocenters. The number of hydrogen-bond donors (Lipinski definition) is 2. The Morgan fingerprint density at radius 2 is 2.25 bits per heavy atom. The Morgan fingerprint density at radius 1 is 1.50 bits per heavy atom. The van der Waals surface area contributed by atoms with E-state index in [1.165, 1.54) is 0 Å². The molecule has 1 aliphatic rings. The van der Waals surface area contributed by atoms with Crippen molar-refractivity contribution in [1.82, 2.24) is 10.2 Å². The fraction of sp³-hybridized carbons (Fsp3) is 0.364. The van der Waals surface area contributed by atoms with Crippen molar-refractivity contribution in [2.75, 3.05) is 19.7 Å².